The van der Waals surface area contributed by atoms with Gasteiger partial charge in [0, 0.05) is 18.7 Å². The highest BCUT2D eigenvalue weighted by Gasteiger charge is 2.34. The number of carbonyl (C=O) groups is 1. The summed E-state index contributed by atoms with van der Waals surface area (Å²) in [5.41, 5.74) is 2.36. The number of aliphatic carboxylic acids is 1. The minimum Gasteiger partial charge on any atom is -0.480 e. The maximum absolute atomic E-state index is 12.1. The number of fused-ring (bicyclic) bond motifs is 1. The van der Waals surface area contributed by atoms with Crippen LogP contribution in [0.15, 0.2) is 29.1 Å². The number of nitrogens with zero attached hydrogens (tertiary/aromatic N) is 1. The summed E-state index contributed by atoms with van der Waals surface area (Å²) in [5, 5.41) is 10.0. The number of aryl methyl sites for hydroxylation is 1. The van der Waals surface area contributed by atoms with Crippen LogP contribution in [0.2, 0.25) is 0 Å². The lowest BCUT2D eigenvalue weighted by atomic mass is 10.0. The average Bonchev–Trinajstić information content (AvgIpc) is 2.35. The molecule has 0 amide bonds. The molecule has 1 aromatic heterocycles. The Labute approximate surface area is 115 Å². The molecule has 5 nitrogen and oxygen atoms in total. The summed E-state index contributed by atoms with van der Waals surface area (Å²) in [6, 6.07) is 7.25. The Morgan fingerprint density at radius 2 is 2.30 bits per heavy atom. The van der Waals surface area contributed by atoms with Crippen molar-refractivity contribution in [3.8, 4) is 0 Å². The SMILES string of the molecule is Cc1cccc2cc(CN3CC[C@H]3C(=O)O)c(=O)[nH]c12. The Morgan fingerprint density at radius 1 is 1.50 bits per heavy atom. The normalized spacial score (nSPS) is 18.9. The first kappa shape index (κ1) is 12.9. The first-order chi connectivity index (χ1) is 9.56. The third-order valence-electron chi connectivity index (χ3n) is 3.95. The van der Waals surface area contributed by atoms with E-state index >= 15 is 0 Å². The van der Waals surface area contributed by atoms with Gasteiger partial charge in [-0.3, -0.25) is 14.5 Å². The van der Waals surface area contributed by atoms with Gasteiger partial charge in [-0.05, 0) is 30.4 Å². The number of aromatic nitrogens is 1. The molecule has 1 aromatic carbocycles. The summed E-state index contributed by atoms with van der Waals surface area (Å²) in [6.07, 6.45) is 0.653. The van der Waals surface area contributed by atoms with Crippen molar-refractivity contribution < 1.29 is 9.90 Å². The zero-order chi connectivity index (χ0) is 14.3. The van der Waals surface area contributed by atoms with E-state index in [9.17, 15) is 9.59 Å². The van der Waals surface area contributed by atoms with Crippen LogP contribution >= 0.6 is 0 Å². The van der Waals surface area contributed by atoms with Crippen LogP contribution in [-0.4, -0.2) is 33.5 Å². The second kappa shape index (κ2) is 4.76. The second-order valence-corrected chi connectivity index (χ2v) is 5.28. The van der Waals surface area contributed by atoms with Gasteiger partial charge in [-0.25, -0.2) is 0 Å². The molecule has 5 heteroatoms. The number of nitrogens with one attached hydrogen (secondary N) is 1. The van der Waals surface area contributed by atoms with Crippen molar-refractivity contribution >= 4 is 16.9 Å². The number of likely N-dealkylation sites (tertiary alicyclic amines) is 1. The zero-order valence-electron chi connectivity index (χ0n) is 11.2. The number of hydrogen-bond acceptors (Lipinski definition) is 3. The molecule has 1 aliphatic heterocycles. The molecule has 2 aromatic rings. The van der Waals surface area contributed by atoms with Gasteiger partial charge in [0.05, 0.1) is 5.52 Å². The number of benzene rings is 1. The highest BCUT2D eigenvalue weighted by Crippen LogP contribution is 2.21. The van der Waals surface area contributed by atoms with E-state index in [0.717, 1.165) is 23.0 Å². The molecule has 0 aliphatic carbocycles. The van der Waals surface area contributed by atoms with E-state index in [1.807, 2.05) is 36.1 Å². The number of para-hydroxylation sites is 1. The van der Waals surface area contributed by atoms with Crippen molar-refractivity contribution in [3.63, 3.8) is 0 Å². The summed E-state index contributed by atoms with van der Waals surface area (Å²) in [6.45, 7) is 3.06. The molecule has 0 spiro atoms. The summed E-state index contributed by atoms with van der Waals surface area (Å²) in [5.74, 6) is -0.815. The minimum atomic E-state index is -0.815. The molecule has 2 heterocycles. The van der Waals surface area contributed by atoms with Gasteiger partial charge < -0.3 is 10.1 Å². The van der Waals surface area contributed by atoms with Gasteiger partial charge in [-0.15, -0.1) is 0 Å². The Hall–Kier alpha value is -2.14. The minimum absolute atomic E-state index is 0.136. The van der Waals surface area contributed by atoms with Gasteiger partial charge in [0.2, 0.25) is 0 Å². The predicted octanol–water partition coefficient (Wildman–Crippen LogP) is 1.50. The number of H-pyrrole nitrogens is 1. The largest absolute Gasteiger partial charge is 0.480 e. The molecular formula is C15H16N2O3. The molecule has 2 N–H and O–H groups in total. The van der Waals surface area contributed by atoms with E-state index in [4.69, 9.17) is 5.11 Å². The first-order valence-electron chi connectivity index (χ1n) is 6.64. The predicted molar refractivity (Wildman–Crippen MR) is 75.8 cm³/mol. The Balaban J connectivity index is 1.94. The smallest absolute Gasteiger partial charge is 0.320 e. The van der Waals surface area contributed by atoms with E-state index in [-0.39, 0.29) is 5.56 Å². The lowest BCUT2D eigenvalue weighted by Gasteiger charge is -2.37. The molecule has 0 unspecified atom stereocenters. The Bertz CT molecular complexity index is 735. The second-order valence-electron chi connectivity index (χ2n) is 5.28. The van der Waals surface area contributed by atoms with Crippen LogP contribution in [-0.2, 0) is 11.3 Å². The van der Waals surface area contributed by atoms with E-state index in [0.29, 0.717) is 18.5 Å². The van der Waals surface area contributed by atoms with Crippen LogP contribution in [0.1, 0.15) is 17.5 Å². The summed E-state index contributed by atoms with van der Waals surface area (Å²) >= 11 is 0. The lowest BCUT2D eigenvalue weighted by molar-refractivity contribution is -0.148. The van der Waals surface area contributed by atoms with Crippen molar-refractivity contribution in [2.24, 2.45) is 0 Å². The van der Waals surface area contributed by atoms with Gasteiger partial charge in [-0.2, -0.15) is 0 Å². The number of pyridine rings is 1. The number of carboxylic acids is 1. The summed E-state index contributed by atoms with van der Waals surface area (Å²) in [7, 11) is 0. The molecule has 0 saturated carbocycles. The molecular weight excluding hydrogens is 256 g/mol. The zero-order valence-corrected chi connectivity index (χ0v) is 11.2. The summed E-state index contributed by atoms with van der Waals surface area (Å²) < 4.78 is 0. The molecule has 104 valence electrons. The van der Waals surface area contributed by atoms with Gasteiger partial charge in [0.15, 0.2) is 0 Å². The third kappa shape index (κ3) is 2.10. The highest BCUT2D eigenvalue weighted by molar-refractivity contribution is 5.82. The van der Waals surface area contributed by atoms with Crippen LogP contribution in [0.3, 0.4) is 0 Å². The topological polar surface area (TPSA) is 73.4 Å². The van der Waals surface area contributed by atoms with E-state index < -0.39 is 12.0 Å². The highest BCUT2D eigenvalue weighted by atomic mass is 16.4. The van der Waals surface area contributed by atoms with Crippen molar-refractivity contribution in [2.45, 2.75) is 25.9 Å². The van der Waals surface area contributed by atoms with Gasteiger partial charge in [0.25, 0.3) is 5.56 Å². The van der Waals surface area contributed by atoms with Crippen LogP contribution in [0, 0.1) is 6.92 Å². The van der Waals surface area contributed by atoms with Crippen molar-refractivity contribution in [1.82, 2.24) is 9.88 Å². The number of rotatable bonds is 3. The monoisotopic (exact) mass is 272 g/mol. The molecule has 1 fully saturated rings. The van der Waals surface area contributed by atoms with Crippen LogP contribution in [0.4, 0.5) is 0 Å². The maximum Gasteiger partial charge on any atom is 0.320 e. The molecule has 0 bridgehead atoms. The van der Waals surface area contributed by atoms with Crippen molar-refractivity contribution in [3.05, 3.63) is 45.7 Å². The third-order valence-corrected chi connectivity index (χ3v) is 3.95. The maximum atomic E-state index is 12.1. The van der Waals surface area contributed by atoms with Crippen LogP contribution < -0.4 is 5.56 Å². The number of aromatic amines is 1. The van der Waals surface area contributed by atoms with E-state index in [2.05, 4.69) is 4.98 Å². The Morgan fingerprint density at radius 3 is 2.95 bits per heavy atom. The van der Waals surface area contributed by atoms with Crippen molar-refractivity contribution in [2.75, 3.05) is 6.54 Å². The quantitative estimate of drug-likeness (QED) is 0.888. The lowest BCUT2D eigenvalue weighted by Crippen LogP contribution is -2.52. The van der Waals surface area contributed by atoms with E-state index in [1.54, 1.807) is 0 Å². The number of hydrogen-bond donors (Lipinski definition) is 2. The van der Waals surface area contributed by atoms with Crippen LogP contribution in [0.25, 0.3) is 10.9 Å². The van der Waals surface area contributed by atoms with Crippen LogP contribution in [0.5, 0.6) is 0 Å². The van der Waals surface area contributed by atoms with Crippen molar-refractivity contribution in [1.29, 1.82) is 0 Å². The average molecular weight is 272 g/mol. The van der Waals surface area contributed by atoms with Gasteiger partial charge >= 0.3 is 5.97 Å². The Kier molecular flexibility index (Phi) is 3.06. The van der Waals surface area contributed by atoms with Gasteiger partial charge in [-0.1, -0.05) is 18.2 Å². The standard InChI is InChI=1S/C15H16N2O3/c1-9-3-2-4-10-7-11(14(18)16-13(9)10)8-17-6-5-12(17)15(19)20/h2-4,7,12H,5-6,8H2,1H3,(H,16,18)(H,19,20)/t12-/m0/s1. The van der Waals surface area contributed by atoms with Gasteiger partial charge in [0.1, 0.15) is 6.04 Å². The summed E-state index contributed by atoms with van der Waals surface area (Å²) in [4.78, 5) is 27.8. The molecule has 1 atom stereocenters. The fraction of sp³-hybridized carbons (Fsp3) is 0.333. The van der Waals surface area contributed by atoms with E-state index in [1.165, 1.54) is 0 Å². The molecule has 1 saturated heterocycles. The molecule has 0 radical (unpaired) electrons. The molecule has 20 heavy (non-hydrogen) atoms. The number of carboxylic acid groups (broad SMARTS) is 1. The fourth-order valence-corrected chi connectivity index (χ4v) is 2.67. The fourth-order valence-electron chi connectivity index (χ4n) is 2.67. The molecule has 1 aliphatic rings. The first-order valence-corrected chi connectivity index (χ1v) is 6.64. The molecule has 3 rings (SSSR count).